The van der Waals surface area contributed by atoms with Gasteiger partial charge >= 0.3 is 5.63 Å². The van der Waals surface area contributed by atoms with Crippen molar-refractivity contribution in [3.63, 3.8) is 0 Å². The molecule has 0 radical (unpaired) electrons. The van der Waals surface area contributed by atoms with E-state index in [-0.39, 0.29) is 11.7 Å². The number of amides is 1. The van der Waals surface area contributed by atoms with E-state index in [2.05, 4.69) is 5.32 Å². The molecule has 1 fully saturated rings. The van der Waals surface area contributed by atoms with Gasteiger partial charge in [0.25, 0.3) is 0 Å². The smallest absolute Gasteiger partial charge is 0.350 e. The van der Waals surface area contributed by atoms with Gasteiger partial charge in [0.05, 0.1) is 5.92 Å². The van der Waals surface area contributed by atoms with Crippen LogP contribution in [0.3, 0.4) is 0 Å². The van der Waals surface area contributed by atoms with Crippen LogP contribution in [0.15, 0.2) is 57.7 Å². The van der Waals surface area contributed by atoms with Crippen molar-refractivity contribution in [1.82, 2.24) is 4.90 Å². The summed E-state index contributed by atoms with van der Waals surface area (Å²) >= 11 is 6.32. The molecule has 8 heteroatoms. The van der Waals surface area contributed by atoms with Crippen molar-refractivity contribution >= 4 is 29.0 Å². The Morgan fingerprint density at radius 2 is 1.85 bits per heavy atom. The number of likely N-dealkylation sites (tertiary alicyclic amines) is 1. The van der Waals surface area contributed by atoms with E-state index in [0.29, 0.717) is 22.8 Å². The molecule has 2 aliphatic heterocycles. The highest BCUT2D eigenvalue weighted by atomic mass is 35.5. The summed E-state index contributed by atoms with van der Waals surface area (Å²) in [6, 6.07) is 14.0. The Bertz CT molecular complexity index is 1400. The van der Waals surface area contributed by atoms with Gasteiger partial charge in [-0.3, -0.25) is 14.5 Å². The van der Waals surface area contributed by atoms with E-state index >= 15 is 0 Å². The second-order valence-electron chi connectivity index (χ2n) is 9.05. The van der Waals surface area contributed by atoms with Crippen LogP contribution in [0, 0.1) is 19.8 Å². The second-order valence-corrected chi connectivity index (χ2v) is 9.49. The van der Waals surface area contributed by atoms with Gasteiger partial charge in [0, 0.05) is 34.8 Å². The van der Waals surface area contributed by atoms with Crippen LogP contribution < -0.4 is 10.9 Å². The number of halogens is 1. The minimum atomic E-state index is -1.42. The Balaban J connectivity index is 1.78. The lowest BCUT2D eigenvalue weighted by Crippen LogP contribution is -2.51. The first-order valence-electron chi connectivity index (χ1n) is 10.9. The number of nitrogens with one attached hydrogen (secondary N) is 1. The Kier molecular flexibility index (Phi) is 5.15. The highest BCUT2D eigenvalue weighted by Crippen LogP contribution is 2.56. The predicted octanol–water partition coefficient (Wildman–Crippen LogP) is 3.99. The lowest BCUT2D eigenvalue weighted by Gasteiger charge is -2.35. The van der Waals surface area contributed by atoms with Crippen molar-refractivity contribution in [2.24, 2.45) is 5.92 Å². The van der Waals surface area contributed by atoms with Crippen LogP contribution in [0.1, 0.15) is 38.7 Å². The maximum atomic E-state index is 14.1. The summed E-state index contributed by atoms with van der Waals surface area (Å²) in [5.74, 6) is -2.76. The first kappa shape index (κ1) is 22.4. The fraction of sp³-hybridized carbons (Fsp3) is 0.269. The molecule has 2 aromatic carbocycles. The molecule has 7 nitrogen and oxygen atoms in total. The largest absolute Gasteiger partial charge is 0.507 e. The van der Waals surface area contributed by atoms with Gasteiger partial charge in [-0.1, -0.05) is 41.4 Å². The molecule has 0 saturated carbocycles. The molecule has 174 valence electrons. The molecule has 5 rings (SSSR count). The van der Waals surface area contributed by atoms with E-state index in [1.165, 1.54) is 13.0 Å². The maximum absolute atomic E-state index is 14.1. The number of anilines is 1. The molecule has 3 heterocycles. The van der Waals surface area contributed by atoms with Crippen molar-refractivity contribution in [3.05, 3.63) is 92.0 Å². The second kappa shape index (κ2) is 7.82. The fourth-order valence-electron chi connectivity index (χ4n) is 5.50. The third kappa shape index (κ3) is 3.11. The van der Waals surface area contributed by atoms with Gasteiger partial charge in [-0.2, -0.15) is 0 Å². The monoisotopic (exact) mass is 478 g/mol. The average molecular weight is 479 g/mol. The number of aromatic hydroxyl groups is 1. The van der Waals surface area contributed by atoms with Gasteiger partial charge in [-0.15, -0.1) is 0 Å². The van der Waals surface area contributed by atoms with Crippen LogP contribution in [-0.2, 0) is 10.3 Å². The molecule has 3 aromatic rings. The summed E-state index contributed by atoms with van der Waals surface area (Å²) in [6.45, 7) is 3.85. The zero-order valence-corrected chi connectivity index (χ0v) is 19.6. The van der Waals surface area contributed by atoms with Crippen LogP contribution in [0.2, 0.25) is 5.02 Å². The number of rotatable bonds is 3. The van der Waals surface area contributed by atoms with Gasteiger partial charge in [-0.05, 0) is 44.7 Å². The first-order chi connectivity index (χ1) is 16.1. The van der Waals surface area contributed by atoms with Crippen LogP contribution in [0.25, 0.3) is 0 Å². The number of hydrogen-bond donors (Lipinski definition) is 2. The molecule has 34 heavy (non-hydrogen) atoms. The van der Waals surface area contributed by atoms with Crippen molar-refractivity contribution in [2.75, 3.05) is 18.9 Å². The summed E-state index contributed by atoms with van der Waals surface area (Å²) in [5.41, 5.74) is 0.231. The molecule has 0 bridgehead atoms. The SMILES string of the molecule is Cc1ccc([C@@H]2CN(C)[C@]3(C(=O)Nc4ccc(Cl)cc43)[C@H]2C(=O)c2c(O)cc(C)oc2=O)cc1. The molecule has 2 aliphatic rings. The Hall–Kier alpha value is -3.42. The number of benzene rings is 2. The highest BCUT2D eigenvalue weighted by Gasteiger charge is 2.64. The predicted molar refractivity (Wildman–Crippen MR) is 128 cm³/mol. The van der Waals surface area contributed by atoms with E-state index in [0.717, 1.165) is 11.1 Å². The molecule has 3 atom stereocenters. The molecular weight excluding hydrogens is 456 g/mol. The number of carbonyl (C=O) groups is 2. The quantitative estimate of drug-likeness (QED) is 0.552. The Labute approximate surface area is 201 Å². The lowest BCUT2D eigenvalue weighted by molar-refractivity contribution is -0.126. The van der Waals surface area contributed by atoms with E-state index in [4.69, 9.17) is 16.0 Å². The fourth-order valence-corrected chi connectivity index (χ4v) is 5.68. The van der Waals surface area contributed by atoms with Crippen molar-refractivity contribution in [1.29, 1.82) is 0 Å². The number of ketones is 1. The van der Waals surface area contributed by atoms with Gasteiger partial charge in [-0.25, -0.2) is 4.79 Å². The minimum absolute atomic E-state index is 0.183. The van der Waals surface area contributed by atoms with Crippen LogP contribution in [0.5, 0.6) is 5.75 Å². The zero-order valence-electron chi connectivity index (χ0n) is 18.9. The zero-order chi connectivity index (χ0) is 24.4. The summed E-state index contributed by atoms with van der Waals surface area (Å²) in [4.78, 5) is 42.4. The van der Waals surface area contributed by atoms with Crippen molar-refractivity contribution < 1.29 is 19.1 Å². The van der Waals surface area contributed by atoms with Gasteiger partial charge in [0.15, 0.2) is 5.78 Å². The summed E-state index contributed by atoms with van der Waals surface area (Å²) in [7, 11) is 1.78. The Morgan fingerprint density at radius 3 is 2.53 bits per heavy atom. The molecule has 1 spiro atoms. The number of fused-ring (bicyclic) bond motifs is 2. The minimum Gasteiger partial charge on any atom is -0.507 e. The summed E-state index contributed by atoms with van der Waals surface area (Å²) in [6.07, 6.45) is 0. The third-order valence-corrected chi connectivity index (χ3v) is 7.24. The molecule has 2 N–H and O–H groups in total. The van der Waals surface area contributed by atoms with E-state index in [1.54, 1.807) is 25.2 Å². The first-order valence-corrected chi connectivity index (χ1v) is 11.3. The lowest BCUT2D eigenvalue weighted by atomic mass is 9.70. The van der Waals surface area contributed by atoms with E-state index < -0.39 is 40.1 Å². The maximum Gasteiger partial charge on any atom is 0.350 e. The molecule has 1 amide bonds. The van der Waals surface area contributed by atoms with Crippen molar-refractivity contribution in [3.8, 4) is 5.75 Å². The number of hydrogen-bond acceptors (Lipinski definition) is 6. The van der Waals surface area contributed by atoms with Crippen LogP contribution in [-0.4, -0.2) is 35.3 Å². The average Bonchev–Trinajstić information content (AvgIpc) is 3.23. The Morgan fingerprint density at radius 1 is 1.15 bits per heavy atom. The third-order valence-electron chi connectivity index (χ3n) is 7.00. The molecule has 1 aromatic heterocycles. The number of nitrogens with zero attached hydrogens (tertiary/aromatic N) is 1. The number of Topliss-reactive ketones (excluding diaryl/α,β-unsaturated/α-hetero) is 1. The molecule has 0 aliphatic carbocycles. The van der Waals surface area contributed by atoms with Crippen LogP contribution >= 0.6 is 11.6 Å². The molecule has 0 unspecified atom stereocenters. The topological polar surface area (TPSA) is 99.8 Å². The number of carbonyl (C=O) groups excluding carboxylic acids is 2. The highest BCUT2D eigenvalue weighted by molar-refractivity contribution is 6.31. The van der Waals surface area contributed by atoms with Crippen LogP contribution in [0.4, 0.5) is 5.69 Å². The standard InChI is InChI=1S/C26H23ClN2O5/c1-13-4-6-15(7-5-13)17-12-29(3)26(18-11-16(27)8-9-19(18)28-25(26)33)22(17)23(31)21-20(30)10-14(2)34-24(21)32/h4-11,17,22,30H,12H2,1-3H3,(H,28,33)/t17-,22+,26-/m0/s1. The molecular formula is C26H23ClN2O5. The van der Waals surface area contributed by atoms with Crippen molar-refractivity contribution in [2.45, 2.75) is 25.3 Å². The van der Waals surface area contributed by atoms with Gasteiger partial charge in [0.2, 0.25) is 5.91 Å². The van der Waals surface area contributed by atoms with E-state index in [1.807, 2.05) is 36.1 Å². The number of likely N-dealkylation sites (N-methyl/N-ethyl adjacent to an activating group) is 1. The number of aryl methyl sites for hydroxylation is 2. The van der Waals surface area contributed by atoms with Gasteiger partial charge in [0.1, 0.15) is 22.6 Å². The summed E-state index contributed by atoms with van der Waals surface area (Å²) < 4.78 is 5.15. The van der Waals surface area contributed by atoms with Gasteiger partial charge < -0.3 is 14.8 Å². The summed E-state index contributed by atoms with van der Waals surface area (Å²) in [5, 5.41) is 13.9. The van der Waals surface area contributed by atoms with E-state index in [9.17, 15) is 19.5 Å². The molecule has 1 saturated heterocycles. The normalized spacial score (nSPS) is 23.8.